The third-order valence-corrected chi connectivity index (χ3v) is 4.51. The number of halogens is 1. The topological polar surface area (TPSA) is 47.8 Å². The first-order valence-corrected chi connectivity index (χ1v) is 6.74. The maximum absolute atomic E-state index is 11.9. The van der Waals surface area contributed by atoms with E-state index >= 15 is 0 Å². The van der Waals surface area contributed by atoms with E-state index < -0.39 is 0 Å². The van der Waals surface area contributed by atoms with Crippen molar-refractivity contribution < 1.29 is 0 Å². The lowest BCUT2D eigenvalue weighted by Crippen LogP contribution is -2.22. The van der Waals surface area contributed by atoms with Gasteiger partial charge in [0.2, 0.25) is 0 Å². The summed E-state index contributed by atoms with van der Waals surface area (Å²) in [5.74, 6) is 0. The van der Waals surface area contributed by atoms with Gasteiger partial charge in [-0.15, -0.1) is 11.3 Å². The standard InChI is InChI=1S/C11H12BrN3OS/c1-6-8(3)17-9(14-6)4-15-5-13-7(2)10(12)11(15)16/h5H,4H2,1-3H3. The molecule has 0 aliphatic heterocycles. The molecule has 0 saturated heterocycles. The van der Waals surface area contributed by atoms with E-state index in [1.807, 2.05) is 13.8 Å². The molecule has 17 heavy (non-hydrogen) atoms. The lowest BCUT2D eigenvalue weighted by atomic mass is 10.4. The van der Waals surface area contributed by atoms with Crippen LogP contribution in [0.1, 0.15) is 21.3 Å². The smallest absolute Gasteiger partial charge is 0.268 e. The first-order chi connectivity index (χ1) is 7.99. The number of hydrogen-bond acceptors (Lipinski definition) is 4. The molecular formula is C11H12BrN3OS. The molecule has 0 amide bonds. The minimum absolute atomic E-state index is 0.0667. The van der Waals surface area contributed by atoms with Crippen molar-refractivity contribution in [2.24, 2.45) is 0 Å². The molecule has 0 aromatic carbocycles. The second-order valence-electron chi connectivity index (χ2n) is 3.83. The zero-order valence-electron chi connectivity index (χ0n) is 9.82. The van der Waals surface area contributed by atoms with Gasteiger partial charge in [0, 0.05) is 4.88 Å². The van der Waals surface area contributed by atoms with E-state index in [9.17, 15) is 4.79 Å². The van der Waals surface area contributed by atoms with Gasteiger partial charge in [-0.1, -0.05) is 0 Å². The highest BCUT2D eigenvalue weighted by Gasteiger charge is 2.08. The summed E-state index contributed by atoms with van der Waals surface area (Å²) < 4.78 is 2.08. The summed E-state index contributed by atoms with van der Waals surface area (Å²) in [6, 6.07) is 0. The van der Waals surface area contributed by atoms with E-state index in [0.29, 0.717) is 16.7 Å². The second-order valence-corrected chi connectivity index (χ2v) is 5.91. The highest BCUT2D eigenvalue weighted by atomic mass is 79.9. The quantitative estimate of drug-likeness (QED) is 0.855. The van der Waals surface area contributed by atoms with E-state index in [0.717, 1.165) is 10.7 Å². The number of rotatable bonds is 2. The van der Waals surface area contributed by atoms with Crippen LogP contribution in [0.3, 0.4) is 0 Å². The Hall–Kier alpha value is -1.01. The van der Waals surface area contributed by atoms with Crippen LogP contribution in [0.5, 0.6) is 0 Å². The number of hydrogen-bond donors (Lipinski definition) is 0. The van der Waals surface area contributed by atoms with Gasteiger partial charge in [-0.05, 0) is 36.7 Å². The molecule has 0 atom stereocenters. The fraction of sp³-hybridized carbons (Fsp3) is 0.364. The average molecular weight is 314 g/mol. The molecule has 2 aromatic rings. The largest absolute Gasteiger partial charge is 0.291 e. The maximum atomic E-state index is 11.9. The van der Waals surface area contributed by atoms with Crippen LogP contribution in [0, 0.1) is 20.8 Å². The van der Waals surface area contributed by atoms with Crippen molar-refractivity contribution >= 4 is 27.3 Å². The van der Waals surface area contributed by atoms with Gasteiger partial charge in [-0.25, -0.2) is 9.97 Å². The molecule has 0 bridgehead atoms. The normalized spacial score (nSPS) is 10.8. The lowest BCUT2D eigenvalue weighted by molar-refractivity contribution is 0.719. The average Bonchev–Trinajstić information content (AvgIpc) is 2.59. The Labute approximate surface area is 111 Å². The molecule has 0 fully saturated rings. The number of aromatic nitrogens is 3. The Morgan fingerprint density at radius 3 is 2.65 bits per heavy atom. The summed E-state index contributed by atoms with van der Waals surface area (Å²) in [5, 5.41) is 0.930. The fourth-order valence-electron chi connectivity index (χ4n) is 1.41. The molecule has 90 valence electrons. The fourth-order valence-corrected chi connectivity index (χ4v) is 2.67. The van der Waals surface area contributed by atoms with Crippen LogP contribution in [0.4, 0.5) is 0 Å². The molecule has 0 saturated carbocycles. The van der Waals surface area contributed by atoms with Crippen molar-refractivity contribution in [3.63, 3.8) is 0 Å². The van der Waals surface area contributed by atoms with E-state index in [4.69, 9.17) is 0 Å². The van der Waals surface area contributed by atoms with Gasteiger partial charge in [-0.2, -0.15) is 0 Å². The zero-order valence-corrected chi connectivity index (χ0v) is 12.2. The summed E-state index contributed by atoms with van der Waals surface area (Å²) in [5.41, 5.74) is 1.66. The van der Waals surface area contributed by atoms with Gasteiger partial charge in [-0.3, -0.25) is 9.36 Å². The molecule has 0 aliphatic rings. The lowest BCUT2D eigenvalue weighted by Gasteiger charge is -2.04. The molecule has 0 aliphatic carbocycles. The highest BCUT2D eigenvalue weighted by molar-refractivity contribution is 9.10. The number of nitrogens with zero attached hydrogens (tertiary/aromatic N) is 3. The molecule has 0 N–H and O–H groups in total. The monoisotopic (exact) mass is 313 g/mol. The number of thiazole rings is 1. The van der Waals surface area contributed by atoms with Crippen LogP contribution in [0.2, 0.25) is 0 Å². The molecule has 6 heteroatoms. The summed E-state index contributed by atoms with van der Waals surface area (Å²) in [4.78, 5) is 21.7. The van der Waals surface area contributed by atoms with Crippen LogP contribution < -0.4 is 5.56 Å². The van der Waals surface area contributed by atoms with Gasteiger partial charge in [0.05, 0.1) is 24.3 Å². The molecule has 0 spiro atoms. The van der Waals surface area contributed by atoms with Crippen molar-refractivity contribution in [3.05, 3.63) is 42.4 Å². The van der Waals surface area contributed by atoms with E-state index in [-0.39, 0.29) is 5.56 Å². The van der Waals surface area contributed by atoms with Crippen LogP contribution in [-0.4, -0.2) is 14.5 Å². The summed E-state index contributed by atoms with van der Waals surface area (Å²) in [7, 11) is 0. The molecular weight excluding hydrogens is 302 g/mol. The minimum Gasteiger partial charge on any atom is -0.291 e. The molecule has 2 rings (SSSR count). The number of aryl methyl sites for hydroxylation is 3. The second kappa shape index (κ2) is 4.70. The van der Waals surface area contributed by atoms with Gasteiger partial charge < -0.3 is 0 Å². The zero-order chi connectivity index (χ0) is 12.6. The van der Waals surface area contributed by atoms with Gasteiger partial charge in [0.15, 0.2) is 0 Å². The van der Waals surface area contributed by atoms with E-state index in [1.54, 1.807) is 29.2 Å². The van der Waals surface area contributed by atoms with Gasteiger partial charge in [0.25, 0.3) is 5.56 Å². The van der Waals surface area contributed by atoms with E-state index in [1.165, 1.54) is 4.88 Å². The Morgan fingerprint density at radius 1 is 1.35 bits per heavy atom. The minimum atomic E-state index is -0.0667. The molecule has 0 unspecified atom stereocenters. The van der Waals surface area contributed by atoms with Gasteiger partial charge in [0.1, 0.15) is 9.48 Å². The molecule has 2 heterocycles. The third-order valence-electron chi connectivity index (χ3n) is 2.54. The first kappa shape index (κ1) is 12.4. The highest BCUT2D eigenvalue weighted by Crippen LogP contribution is 2.17. The van der Waals surface area contributed by atoms with Crippen molar-refractivity contribution in [1.29, 1.82) is 0 Å². The Bertz CT molecular complexity index is 598. The Balaban J connectivity index is 2.37. The molecule has 2 aromatic heterocycles. The van der Waals surface area contributed by atoms with E-state index in [2.05, 4.69) is 25.9 Å². The molecule has 0 radical (unpaired) electrons. The predicted octanol–water partition coefficient (Wildman–Crippen LogP) is 2.44. The Kier molecular flexibility index (Phi) is 3.44. The first-order valence-electron chi connectivity index (χ1n) is 5.13. The Morgan fingerprint density at radius 2 is 2.06 bits per heavy atom. The van der Waals surface area contributed by atoms with Crippen LogP contribution >= 0.6 is 27.3 Å². The maximum Gasteiger partial charge on any atom is 0.268 e. The van der Waals surface area contributed by atoms with Crippen LogP contribution in [0.15, 0.2) is 15.6 Å². The van der Waals surface area contributed by atoms with Crippen LogP contribution in [-0.2, 0) is 6.54 Å². The van der Waals surface area contributed by atoms with Crippen molar-refractivity contribution in [2.45, 2.75) is 27.3 Å². The summed E-state index contributed by atoms with van der Waals surface area (Å²) in [6.07, 6.45) is 1.56. The predicted molar refractivity (Wildman–Crippen MR) is 71.6 cm³/mol. The molecule has 4 nitrogen and oxygen atoms in total. The van der Waals surface area contributed by atoms with Crippen molar-refractivity contribution in [3.8, 4) is 0 Å². The third kappa shape index (κ3) is 2.47. The van der Waals surface area contributed by atoms with Crippen molar-refractivity contribution in [2.75, 3.05) is 0 Å². The summed E-state index contributed by atoms with van der Waals surface area (Å²) in [6.45, 7) is 6.28. The SMILES string of the molecule is Cc1nc(Cn2cnc(C)c(Br)c2=O)sc1C. The van der Waals surface area contributed by atoms with Gasteiger partial charge >= 0.3 is 0 Å². The van der Waals surface area contributed by atoms with Crippen molar-refractivity contribution in [1.82, 2.24) is 14.5 Å². The van der Waals surface area contributed by atoms with Crippen LogP contribution in [0.25, 0.3) is 0 Å². The summed E-state index contributed by atoms with van der Waals surface area (Å²) >= 11 is 4.86.